The summed E-state index contributed by atoms with van der Waals surface area (Å²) in [7, 11) is 0. The van der Waals surface area contributed by atoms with Crippen LogP contribution in [-0.4, -0.2) is 105 Å². The van der Waals surface area contributed by atoms with Crippen molar-refractivity contribution >= 4 is 35.3 Å². The average molecular weight is 611 g/mol. The van der Waals surface area contributed by atoms with Gasteiger partial charge < -0.3 is 45.3 Å². The lowest BCUT2D eigenvalue weighted by Crippen LogP contribution is -2.36. The summed E-state index contributed by atoms with van der Waals surface area (Å²) in [5.41, 5.74) is 2.46. The zero-order valence-corrected chi connectivity index (χ0v) is 25.3. The van der Waals surface area contributed by atoms with Gasteiger partial charge in [0.05, 0.1) is 78.0 Å². The van der Waals surface area contributed by atoms with Crippen molar-refractivity contribution in [2.24, 2.45) is 0 Å². The molecule has 1 aromatic rings. The van der Waals surface area contributed by atoms with Gasteiger partial charge in [0.2, 0.25) is 11.8 Å². The molecule has 3 atom stereocenters. The van der Waals surface area contributed by atoms with Crippen LogP contribution in [0, 0.1) is 6.92 Å². The second-order valence-electron chi connectivity index (χ2n) is 10.3. The highest BCUT2D eigenvalue weighted by atomic mass is 32.2. The standard InChI is InChI=1S/C29H46N4O8S/c1-21-18-23(7-6-22(21)19-34)31-27(36)8-10-38-12-14-40-16-17-41-15-13-39-11-9-30-26(35)5-3-2-4-25-28-24(20-42-25)32-29(37)33-28/h6-7,18,24-25,28,34H,2-5,8-17,19-20H2,1H3,(H,30,35)(H,31,36)(H2,32,33,37). The molecule has 0 saturated carbocycles. The Labute approximate surface area is 252 Å². The molecule has 0 bridgehead atoms. The number of nitrogens with one attached hydrogen (secondary N) is 4. The molecule has 12 nitrogen and oxygen atoms in total. The summed E-state index contributed by atoms with van der Waals surface area (Å²) in [5.74, 6) is 0.860. The molecule has 42 heavy (non-hydrogen) atoms. The molecule has 5 N–H and O–H groups in total. The van der Waals surface area contributed by atoms with Crippen molar-refractivity contribution in [1.82, 2.24) is 16.0 Å². The minimum absolute atomic E-state index is 0.0229. The molecular formula is C29H46N4O8S. The minimum atomic E-state index is -0.131. The summed E-state index contributed by atoms with van der Waals surface area (Å²) < 4.78 is 21.8. The number of aliphatic hydroxyl groups excluding tert-OH is 1. The van der Waals surface area contributed by atoms with Gasteiger partial charge in [0.15, 0.2) is 0 Å². The van der Waals surface area contributed by atoms with Crippen molar-refractivity contribution in [2.45, 2.75) is 63.0 Å². The number of hydrogen-bond acceptors (Lipinski definition) is 9. The summed E-state index contributed by atoms with van der Waals surface area (Å²) >= 11 is 1.90. The minimum Gasteiger partial charge on any atom is -0.392 e. The first-order valence-electron chi connectivity index (χ1n) is 14.7. The molecule has 236 valence electrons. The van der Waals surface area contributed by atoms with Crippen molar-refractivity contribution in [3.8, 4) is 0 Å². The lowest BCUT2D eigenvalue weighted by atomic mass is 10.0. The number of anilines is 1. The van der Waals surface area contributed by atoms with E-state index < -0.39 is 0 Å². The van der Waals surface area contributed by atoms with Crippen LogP contribution in [0.2, 0.25) is 0 Å². The van der Waals surface area contributed by atoms with Gasteiger partial charge in [0.25, 0.3) is 0 Å². The van der Waals surface area contributed by atoms with Crippen LogP contribution in [0.3, 0.4) is 0 Å². The zero-order valence-electron chi connectivity index (χ0n) is 24.5. The summed E-state index contributed by atoms with van der Waals surface area (Å²) in [6.45, 7) is 5.66. The average Bonchev–Trinajstić information content (AvgIpc) is 3.52. The molecule has 0 spiro atoms. The number of unbranched alkanes of at least 4 members (excludes halogenated alkanes) is 1. The highest BCUT2D eigenvalue weighted by molar-refractivity contribution is 8.00. The fourth-order valence-corrected chi connectivity index (χ4v) is 6.27. The van der Waals surface area contributed by atoms with Gasteiger partial charge in [-0.3, -0.25) is 9.59 Å². The predicted molar refractivity (Wildman–Crippen MR) is 161 cm³/mol. The lowest BCUT2D eigenvalue weighted by molar-refractivity contribution is -0.121. The number of urea groups is 1. The smallest absolute Gasteiger partial charge is 0.315 e. The molecule has 4 amide bonds. The van der Waals surface area contributed by atoms with Crippen LogP contribution in [0.15, 0.2) is 18.2 Å². The molecule has 13 heteroatoms. The van der Waals surface area contributed by atoms with E-state index in [1.54, 1.807) is 12.1 Å². The second-order valence-corrected chi connectivity index (χ2v) is 11.5. The molecule has 0 radical (unpaired) electrons. The SMILES string of the molecule is Cc1cc(NC(=O)CCOCCOCCOCCOCCNC(=O)CCCCC2SCC3NC(=O)NC32)ccc1CO. The molecule has 3 unspecified atom stereocenters. The Hall–Kier alpha value is -2.42. The van der Waals surface area contributed by atoms with Crippen LogP contribution in [-0.2, 0) is 35.1 Å². The quantitative estimate of drug-likeness (QED) is 0.0975. The van der Waals surface area contributed by atoms with E-state index in [4.69, 9.17) is 18.9 Å². The summed E-state index contributed by atoms with van der Waals surface area (Å²) in [5, 5.41) is 21.3. The third-order valence-corrected chi connectivity index (χ3v) is 8.54. The Balaban J connectivity index is 1.02. The molecule has 2 saturated heterocycles. The Bertz CT molecular complexity index is 985. The monoisotopic (exact) mass is 610 g/mol. The number of aryl methyl sites for hydroxylation is 1. The highest BCUT2D eigenvalue weighted by Crippen LogP contribution is 2.33. The molecule has 2 aliphatic heterocycles. The van der Waals surface area contributed by atoms with E-state index >= 15 is 0 Å². The first-order chi connectivity index (χ1) is 20.5. The number of carbonyl (C=O) groups is 3. The maximum Gasteiger partial charge on any atom is 0.315 e. The van der Waals surface area contributed by atoms with Crippen LogP contribution >= 0.6 is 11.8 Å². The van der Waals surface area contributed by atoms with Crippen molar-refractivity contribution < 1.29 is 38.4 Å². The Kier molecular flexibility index (Phi) is 16.0. The topological polar surface area (TPSA) is 156 Å². The molecule has 1 aromatic carbocycles. The number of ether oxygens (including phenoxy) is 4. The maximum absolute atomic E-state index is 12.0. The first-order valence-corrected chi connectivity index (χ1v) is 15.8. The van der Waals surface area contributed by atoms with Crippen LogP contribution in [0.1, 0.15) is 43.2 Å². The van der Waals surface area contributed by atoms with E-state index in [0.717, 1.165) is 36.1 Å². The van der Waals surface area contributed by atoms with Gasteiger partial charge >= 0.3 is 6.03 Å². The molecule has 2 fully saturated rings. The fourth-order valence-electron chi connectivity index (χ4n) is 4.73. The zero-order chi connectivity index (χ0) is 30.0. The van der Waals surface area contributed by atoms with Gasteiger partial charge in [-0.2, -0.15) is 11.8 Å². The van der Waals surface area contributed by atoms with E-state index in [0.29, 0.717) is 76.8 Å². The third kappa shape index (κ3) is 12.8. The van der Waals surface area contributed by atoms with Gasteiger partial charge in [-0.1, -0.05) is 12.5 Å². The van der Waals surface area contributed by atoms with E-state index in [1.807, 2.05) is 24.8 Å². The second kappa shape index (κ2) is 19.7. The van der Waals surface area contributed by atoms with E-state index in [9.17, 15) is 19.5 Å². The van der Waals surface area contributed by atoms with Crippen molar-refractivity contribution in [3.63, 3.8) is 0 Å². The number of thioether (sulfide) groups is 1. The number of fused-ring (bicyclic) bond motifs is 1. The van der Waals surface area contributed by atoms with Crippen molar-refractivity contribution in [1.29, 1.82) is 0 Å². The van der Waals surface area contributed by atoms with Crippen LogP contribution in [0.4, 0.5) is 10.5 Å². The van der Waals surface area contributed by atoms with Crippen LogP contribution < -0.4 is 21.3 Å². The van der Waals surface area contributed by atoms with Crippen LogP contribution in [0.5, 0.6) is 0 Å². The number of rotatable bonds is 22. The largest absolute Gasteiger partial charge is 0.392 e. The van der Waals surface area contributed by atoms with Crippen LogP contribution in [0.25, 0.3) is 0 Å². The Morgan fingerprint density at radius 3 is 2.31 bits per heavy atom. The van der Waals surface area contributed by atoms with E-state index in [1.165, 1.54) is 0 Å². The predicted octanol–water partition coefficient (Wildman–Crippen LogP) is 1.72. The van der Waals surface area contributed by atoms with Gasteiger partial charge in [0.1, 0.15) is 0 Å². The van der Waals surface area contributed by atoms with E-state index in [-0.39, 0.29) is 43.0 Å². The number of hydrogen-bond donors (Lipinski definition) is 5. The van der Waals surface area contributed by atoms with Crippen molar-refractivity contribution in [2.75, 3.05) is 70.5 Å². The lowest BCUT2D eigenvalue weighted by Gasteiger charge is -2.16. The number of amides is 4. The number of carbonyl (C=O) groups excluding carboxylic acids is 3. The fraction of sp³-hybridized carbons (Fsp3) is 0.690. The first kappa shape index (κ1) is 34.1. The van der Waals surface area contributed by atoms with E-state index in [2.05, 4.69) is 21.3 Å². The maximum atomic E-state index is 12.0. The molecule has 2 heterocycles. The molecule has 0 aliphatic carbocycles. The molecular weight excluding hydrogens is 564 g/mol. The normalized spacial score (nSPS) is 19.3. The molecule has 2 aliphatic rings. The highest BCUT2D eigenvalue weighted by Gasteiger charge is 2.42. The molecule has 0 aromatic heterocycles. The number of benzene rings is 1. The van der Waals surface area contributed by atoms with Gasteiger partial charge in [-0.25, -0.2) is 4.79 Å². The summed E-state index contributed by atoms with van der Waals surface area (Å²) in [4.78, 5) is 35.5. The Morgan fingerprint density at radius 1 is 0.929 bits per heavy atom. The molecule has 3 rings (SSSR count). The summed E-state index contributed by atoms with van der Waals surface area (Å²) in [6, 6.07) is 5.80. The van der Waals surface area contributed by atoms with Gasteiger partial charge in [0, 0.05) is 29.7 Å². The van der Waals surface area contributed by atoms with Gasteiger partial charge in [-0.05, 0) is 43.0 Å². The van der Waals surface area contributed by atoms with Gasteiger partial charge in [-0.15, -0.1) is 0 Å². The Morgan fingerprint density at radius 2 is 1.62 bits per heavy atom. The number of aliphatic hydroxyl groups is 1. The summed E-state index contributed by atoms with van der Waals surface area (Å²) in [6.07, 6.45) is 3.56. The van der Waals surface area contributed by atoms with Crippen molar-refractivity contribution in [3.05, 3.63) is 29.3 Å². The third-order valence-electron chi connectivity index (χ3n) is 7.04.